The van der Waals surface area contributed by atoms with Gasteiger partial charge in [0.05, 0.1) is 12.5 Å². The van der Waals surface area contributed by atoms with Gasteiger partial charge in [-0.2, -0.15) is 0 Å². The van der Waals surface area contributed by atoms with Crippen molar-refractivity contribution in [1.29, 1.82) is 0 Å². The van der Waals surface area contributed by atoms with Crippen LogP contribution in [-0.4, -0.2) is 36.9 Å². The number of carbonyl (C=O) groups is 2. The Hall–Kier alpha value is -1.59. The Bertz CT molecular complexity index is 389. The van der Waals surface area contributed by atoms with Crippen molar-refractivity contribution in [2.24, 2.45) is 5.73 Å². The van der Waals surface area contributed by atoms with Crippen LogP contribution in [0.1, 0.15) is 12.5 Å². The highest BCUT2D eigenvalue weighted by molar-refractivity contribution is 5.94. The first kappa shape index (κ1) is 17.4. The average Bonchev–Trinajstić information content (AvgIpc) is 2.31. The Balaban J connectivity index is 0.00000324. The number of amides is 2. The second-order valence-electron chi connectivity index (χ2n) is 4.44. The van der Waals surface area contributed by atoms with E-state index in [1.807, 2.05) is 12.1 Å². The van der Waals surface area contributed by atoms with Crippen LogP contribution < -0.4 is 11.1 Å². The largest absolute Gasteiger partial charge is 0.349 e. The van der Waals surface area contributed by atoms with Gasteiger partial charge < -0.3 is 16.0 Å². The number of anilines is 1. The molecule has 0 saturated heterocycles. The van der Waals surface area contributed by atoms with Crippen LogP contribution in [0.2, 0.25) is 0 Å². The number of hydrogen-bond donors (Lipinski definition) is 2. The first-order valence-electron chi connectivity index (χ1n) is 5.75. The van der Waals surface area contributed by atoms with Gasteiger partial charge in [0.25, 0.3) is 0 Å². The summed E-state index contributed by atoms with van der Waals surface area (Å²) in [6.07, 6.45) is 0.356. The van der Waals surface area contributed by atoms with E-state index in [4.69, 9.17) is 5.73 Å². The van der Waals surface area contributed by atoms with Crippen molar-refractivity contribution in [2.75, 3.05) is 19.4 Å². The van der Waals surface area contributed by atoms with E-state index in [0.29, 0.717) is 12.1 Å². The fraction of sp³-hybridized carbons (Fsp3) is 0.385. The molecule has 5 nitrogen and oxygen atoms in total. The Morgan fingerprint density at radius 2 is 1.79 bits per heavy atom. The number of benzene rings is 1. The fourth-order valence-corrected chi connectivity index (χ4v) is 1.29. The zero-order valence-electron chi connectivity index (χ0n) is 11.3. The highest BCUT2D eigenvalue weighted by Crippen LogP contribution is 2.10. The summed E-state index contributed by atoms with van der Waals surface area (Å²) in [6.45, 7) is 1.62. The number of hydrogen-bond acceptors (Lipinski definition) is 3. The van der Waals surface area contributed by atoms with Crippen LogP contribution in [0.3, 0.4) is 0 Å². The first-order valence-corrected chi connectivity index (χ1v) is 5.75. The molecular formula is C13H20ClN3O2. The normalized spacial score (nSPS) is 11.2. The fourth-order valence-electron chi connectivity index (χ4n) is 1.29. The minimum Gasteiger partial charge on any atom is -0.349 e. The Kier molecular flexibility index (Phi) is 7.11. The second-order valence-corrected chi connectivity index (χ2v) is 4.44. The van der Waals surface area contributed by atoms with Crippen LogP contribution in [0.4, 0.5) is 5.69 Å². The number of carbonyl (C=O) groups excluding carboxylic acids is 2. The zero-order chi connectivity index (χ0) is 13.7. The summed E-state index contributed by atoms with van der Waals surface area (Å²) >= 11 is 0. The lowest BCUT2D eigenvalue weighted by Crippen LogP contribution is -2.32. The third-order valence-electron chi connectivity index (χ3n) is 2.49. The van der Waals surface area contributed by atoms with Crippen LogP contribution in [0.5, 0.6) is 0 Å². The zero-order valence-corrected chi connectivity index (χ0v) is 12.2. The van der Waals surface area contributed by atoms with Crippen molar-refractivity contribution in [2.45, 2.75) is 19.4 Å². The van der Waals surface area contributed by atoms with Gasteiger partial charge in [0.15, 0.2) is 0 Å². The van der Waals surface area contributed by atoms with Crippen molar-refractivity contribution >= 4 is 29.9 Å². The van der Waals surface area contributed by atoms with Crippen LogP contribution in [-0.2, 0) is 16.0 Å². The standard InChI is InChI=1S/C13H19N3O2.ClH/c1-9(14)13(18)15-11-6-4-10(5-7-11)8-12(17)16(2)3;/h4-7,9H,8,14H2,1-3H3,(H,15,18);1H. The van der Waals surface area contributed by atoms with Crippen LogP contribution >= 0.6 is 12.4 Å². The lowest BCUT2D eigenvalue weighted by Gasteiger charge is -2.11. The molecule has 0 aliphatic heterocycles. The molecule has 0 aliphatic carbocycles. The molecule has 1 aromatic rings. The van der Waals surface area contributed by atoms with E-state index in [0.717, 1.165) is 5.56 Å². The van der Waals surface area contributed by atoms with Crippen molar-refractivity contribution in [1.82, 2.24) is 4.90 Å². The molecule has 0 saturated carbocycles. The van der Waals surface area contributed by atoms with Gasteiger partial charge in [-0.3, -0.25) is 9.59 Å². The predicted molar refractivity (Wildman–Crippen MR) is 78.4 cm³/mol. The minimum absolute atomic E-state index is 0. The molecule has 6 heteroatoms. The van der Waals surface area contributed by atoms with Crippen LogP contribution in [0.25, 0.3) is 0 Å². The Morgan fingerprint density at radius 3 is 2.21 bits per heavy atom. The maximum Gasteiger partial charge on any atom is 0.240 e. The van der Waals surface area contributed by atoms with Crippen molar-refractivity contribution in [3.05, 3.63) is 29.8 Å². The molecule has 1 rings (SSSR count). The lowest BCUT2D eigenvalue weighted by molar-refractivity contribution is -0.128. The summed E-state index contributed by atoms with van der Waals surface area (Å²) in [4.78, 5) is 24.4. The van der Waals surface area contributed by atoms with E-state index in [1.54, 1.807) is 38.1 Å². The third kappa shape index (κ3) is 5.72. The molecule has 1 unspecified atom stereocenters. The van der Waals surface area contributed by atoms with Crippen LogP contribution in [0, 0.1) is 0 Å². The number of nitrogens with one attached hydrogen (secondary N) is 1. The van der Waals surface area contributed by atoms with Gasteiger partial charge in [-0.15, -0.1) is 12.4 Å². The van der Waals surface area contributed by atoms with E-state index in [1.165, 1.54) is 0 Å². The summed E-state index contributed by atoms with van der Waals surface area (Å²) in [7, 11) is 3.44. The topological polar surface area (TPSA) is 75.4 Å². The molecule has 0 heterocycles. The van der Waals surface area contributed by atoms with Gasteiger partial charge in [0.1, 0.15) is 0 Å². The molecule has 0 aliphatic rings. The summed E-state index contributed by atoms with van der Waals surface area (Å²) in [5.41, 5.74) is 7.04. The first-order chi connectivity index (χ1) is 8.40. The average molecular weight is 286 g/mol. The SMILES string of the molecule is CC(N)C(=O)Nc1ccc(CC(=O)N(C)C)cc1.Cl. The molecule has 1 atom stereocenters. The maximum absolute atomic E-state index is 11.5. The van der Waals surface area contributed by atoms with Gasteiger partial charge in [-0.1, -0.05) is 12.1 Å². The molecule has 19 heavy (non-hydrogen) atoms. The molecule has 0 radical (unpaired) electrons. The third-order valence-corrected chi connectivity index (χ3v) is 2.49. The Labute approximate surface area is 119 Å². The smallest absolute Gasteiger partial charge is 0.240 e. The molecule has 0 spiro atoms. The number of nitrogens with two attached hydrogens (primary N) is 1. The van der Waals surface area contributed by atoms with Gasteiger partial charge in [0.2, 0.25) is 11.8 Å². The summed E-state index contributed by atoms with van der Waals surface area (Å²) in [5, 5.41) is 2.69. The number of likely N-dealkylation sites (N-methyl/N-ethyl adjacent to an activating group) is 1. The van der Waals surface area contributed by atoms with Gasteiger partial charge >= 0.3 is 0 Å². The van der Waals surface area contributed by atoms with Crippen LogP contribution in [0.15, 0.2) is 24.3 Å². The molecule has 106 valence electrons. The number of nitrogens with zero attached hydrogens (tertiary/aromatic N) is 1. The Morgan fingerprint density at radius 1 is 1.26 bits per heavy atom. The molecule has 3 N–H and O–H groups in total. The van der Waals surface area contributed by atoms with Gasteiger partial charge in [0, 0.05) is 19.8 Å². The van der Waals surface area contributed by atoms with E-state index >= 15 is 0 Å². The quantitative estimate of drug-likeness (QED) is 0.867. The highest BCUT2D eigenvalue weighted by atomic mass is 35.5. The monoisotopic (exact) mass is 285 g/mol. The summed E-state index contributed by atoms with van der Waals surface area (Å²) in [6, 6.07) is 6.62. The van der Waals surface area contributed by atoms with E-state index in [2.05, 4.69) is 5.32 Å². The molecule has 2 amide bonds. The summed E-state index contributed by atoms with van der Waals surface area (Å²) < 4.78 is 0. The molecule has 1 aromatic carbocycles. The van der Waals surface area contributed by atoms with Crippen molar-refractivity contribution in [3.63, 3.8) is 0 Å². The van der Waals surface area contributed by atoms with Gasteiger partial charge in [-0.25, -0.2) is 0 Å². The van der Waals surface area contributed by atoms with E-state index in [-0.39, 0.29) is 24.2 Å². The maximum atomic E-state index is 11.5. The molecular weight excluding hydrogens is 266 g/mol. The summed E-state index contributed by atoms with van der Waals surface area (Å²) in [5.74, 6) is -0.186. The molecule has 0 fully saturated rings. The predicted octanol–water partition coefficient (Wildman–Crippen LogP) is 1.02. The second kappa shape index (κ2) is 7.76. The van der Waals surface area contributed by atoms with Crippen molar-refractivity contribution < 1.29 is 9.59 Å². The highest BCUT2D eigenvalue weighted by Gasteiger charge is 2.08. The van der Waals surface area contributed by atoms with Gasteiger partial charge in [-0.05, 0) is 24.6 Å². The number of rotatable bonds is 4. The number of halogens is 1. The lowest BCUT2D eigenvalue weighted by atomic mass is 10.1. The minimum atomic E-state index is -0.542. The van der Waals surface area contributed by atoms with E-state index < -0.39 is 6.04 Å². The molecule has 0 bridgehead atoms. The molecule has 0 aromatic heterocycles. The van der Waals surface area contributed by atoms with E-state index in [9.17, 15) is 9.59 Å². The van der Waals surface area contributed by atoms with Crippen molar-refractivity contribution in [3.8, 4) is 0 Å².